The van der Waals surface area contributed by atoms with E-state index >= 15 is 0 Å². The van der Waals surface area contributed by atoms with E-state index in [1.54, 1.807) is 0 Å². The van der Waals surface area contributed by atoms with E-state index in [4.69, 9.17) is 4.74 Å². The third-order valence-corrected chi connectivity index (χ3v) is 3.12. The maximum Gasteiger partial charge on any atom is 0.407 e. The van der Waals surface area contributed by atoms with Crippen LogP contribution in [-0.4, -0.2) is 30.3 Å². The zero-order chi connectivity index (χ0) is 16.3. The predicted molar refractivity (Wildman–Crippen MR) is 89.6 cm³/mol. The van der Waals surface area contributed by atoms with Gasteiger partial charge in [-0.25, -0.2) is 4.79 Å². The molecule has 0 aromatic rings. The number of allylic oxidation sites excluding steroid dienone is 1. The van der Waals surface area contributed by atoms with Crippen molar-refractivity contribution in [3.8, 4) is 0 Å². The monoisotopic (exact) mass is 298 g/mol. The van der Waals surface area contributed by atoms with Gasteiger partial charge in [-0.05, 0) is 47.0 Å². The van der Waals surface area contributed by atoms with Gasteiger partial charge in [-0.15, -0.1) is 6.58 Å². The fourth-order valence-corrected chi connectivity index (χ4v) is 2.07. The summed E-state index contributed by atoms with van der Waals surface area (Å²) in [7, 11) is 0. The van der Waals surface area contributed by atoms with Crippen molar-refractivity contribution in [1.29, 1.82) is 0 Å². The summed E-state index contributed by atoms with van der Waals surface area (Å²) in [6.07, 6.45) is 7.05. The fourth-order valence-electron chi connectivity index (χ4n) is 2.07. The molecule has 0 aliphatic carbocycles. The molecule has 0 fully saturated rings. The molecule has 124 valence electrons. The average molecular weight is 298 g/mol. The van der Waals surface area contributed by atoms with Crippen molar-refractivity contribution >= 4 is 6.09 Å². The second-order valence-corrected chi connectivity index (χ2v) is 6.66. The van der Waals surface area contributed by atoms with E-state index in [0.29, 0.717) is 12.6 Å². The average Bonchev–Trinajstić information content (AvgIpc) is 2.37. The Hall–Kier alpha value is -1.03. The Morgan fingerprint density at radius 3 is 2.52 bits per heavy atom. The highest BCUT2D eigenvalue weighted by Crippen LogP contribution is 2.07. The highest BCUT2D eigenvalue weighted by Gasteiger charge is 2.18. The zero-order valence-electron chi connectivity index (χ0n) is 14.5. The van der Waals surface area contributed by atoms with Crippen molar-refractivity contribution < 1.29 is 9.53 Å². The number of unbranched alkanes of at least 4 members (excludes halogenated alkanes) is 1. The number of carbonyl (C=O) groups is 1. The van der Waals surface area contributed by atoms with Gasteiger partial charge in [0.25, 0.3) is 0 Å². The number of carbonyl (C=O) groups excluding carboxylic acids is 1. The molecule has 0 heterocycles. The summed E-state index contributed by atoms with van der Waals surface area (Å²) in [5, 5.41) is 6.45. The lowest BCUT2D eigenvalue weighted by Crippen LogP contribution is -2.45. The molecule has 4 heteroatoms. The molecule has 0 spiro atoms. The van der Waals surface area contributed by atoms with Gasteiger partial charge in [0.15, 0.2) is 0 Å². The molecule has 2 atom stereocenters. The van der Waals surface area contributed by atoms with E-state index in [1.165, 1.54) is 0 Å². The van der Waals surface area contributed by atoms with E-state index in [9.17, 15) is 4.79 Å². The highest BCUT2D eigenvalue weighted by atomic mass is 16.6. The standard InChI is InChI=1S/C17H34N2O2/c1-7-9-11-14(3)19-15(12-10-8-2)13-18-16(20)21-17(4,5)6/h7,14-15,19H,1,8-13H2,2-6H3,(H,18,20). The first-order valence-electron chi connectivity index (χ1n) is 8.12. The van der Waals surface area contributed by atoms with E-state index in [2.05, 4.69) is 31.1 Å². The van der Waals surface area contributed by atoms with Crippen LogP contribution in [0.1, 0.15) is 66.7 Å². The minimum Gasteiger partial charge on any atom is -0.444 e. The number of alkyl carbamates (subject to hydrolysis) is 1. The first-order valence-corrected chi connectivity index (χ1v) is 8.12. The summed E-state index contributed by atoms with van der Waals surface area (Å²) in [6.45, 7) is 14.3. The first kappa shape index (κ1) is 20.0. The van der Waals surface area contributed by atoms with Crippen LogP contribution >= 0.6 is 0 Å². The third kappa shape index (κ3) is 12.4. The molecule has 0 radical (unpaired) electrons. The van der Waals surface area contributed by atoms with Gasteiger partial charge in [0.05, 0.1) is 0 Å². The van der Waals surface area contributed by atoms with Crippen molar-refractivity contribution in [2.75, 3.05) is 6.54 Å². The van der Waals surface area contributed by atoms with Gasteiger partial charge < -0.3 is 15.4 Å². The number of nitrogens with one attached hydrogen (secondary N) is 2. The molecule has 0 saturated carbocycles. The predicted octanol–water partition coefficient (Wildman–Crippen LogP) is 4.01. The summed E-state index contributed by atoms with van der Waals surface area (Å²) in [4.78, 5) is 11.7. The fraction of sp³-hybridized carbons (Fsp3) is 0.824. The molecule has 0 aliphatic heterocycles. The van der Waals surface area contributed by atoms with Crippen LogP contribution in [0.15, 0.2) is 12.7 Å². The maximum absolute atomic E-state index is 11.7. The van der Waals surface area contributed by atoms with E-state index in [0.717, 1.165) is 32.1 Å². The first-order chi connectivity index (χ1) is 9.78. The molecule has 1 amide bonds. The van der Waals surface area contributed by atoms with Gasteiger partial charge in [0.1, 0.15) is 5.60 Å². The van der Waals surface area contributed by atoms with Gasteiger partial charge in [-0.2, -0.15) is 0 Å². The highest BCUT2D eigenvalue weighted by molar-refractivity contribution is 5.67. The summed E-state index contributed by atoms with van der Waals surface area (Å²) in [6, 6.07) is 0.711. The van der Waals surface area contributed by atoms with E-state index in [1.807, 2.05) is 26.8 Å². The van der Waals surface area contributed by atoms with Crippen LogP contribution in [0.25, 0.3) is 0 Å². The molecular formula is C17H34N2O2. The second kappa shape index (κ2) is 10.7. The van der Waals surface area contributed by atoms with Gasteiger partial charge >= 0.3 is 6.09 Å². The lowest BCUT2D eigenvalue weighted by Gasteiger charge is -2.25. The maximum atomic E-state index is 11.7. The molecular weight excluding hydrogens is 264 g/mol. The second-order valence-electron chi connectivity index (χ2n) is 6.66. The minimum absolute atomic E-state index is 0.289. The lowest BCUT2D eigenvalue weighted by atomic mass is 10.1. The molecule has 21 heavy (non-hydrogen) atoms. The molecule has 2 N–H and O–H groups in total. The topological polar surface area (TPSA) is 50.4 Å². The summed E-state index contributed by atoms with van der Waals surface area (Å²) >= 11 is 0. The Balaban J connectivity index is 4.22. The minimum atomic E-state index is -0.451. The van der Waals surface area contributed by atoms with Crippen LogP contribution in [0.4, 0.5) is 4.79 Å². The van der Waals surface area contributed by atoms with Crippen LogP contribution in [0.5, 0.6) is 0 Å². The van der Waals surface area contributed by atoms with Crippen LogP contribution in [0.3, 0.4) is 0 Å². The number of hydrogen-bond donors (Lipinski definition) is 2. The van der Waals surface area contributed by atoms with Crippen LogP contribution < -0.4 is 10.6 Å². The molecule has 0 saturated heterocycles. The van der Waals surface area contributed by atoms with Crippen LogP contribution in [-0.2, 0) is 4.74 Å². The third-order valence-electron chi connectivity index (χ3n) is 3.12. The normalized spacial score (nSPS) is 14.3. The Morgan fingerprint density at radius 2 is 2.00 bits per heavy atom. The Morgan fingerprint density at radius 1 is 1.33 bits per heavy atom. The number of rotatable bonds is 10. The van der Waals surface area contributed by atoms with Crippen molar-refractivity contribution in [2.45, 2.75) is 84.4 Å². The van der Waals surface area contributed by atoms with Crippen molar-refractivity contribution in [3.63, 3.8) is 0 Å². The lowest BCUT2D eigenvalue weighted by molar-refractivity contribution is 0.0521. The largest absolute Gasteiger partial charge is 0.444 e. The van der Waals surface area contributed by atoms with Crippen LogP contribution in [0, 0.1) is 0 Å². The number of amides is 1. The Kier molecular flexibility index (Phi) is 10.1. The van der Waals surface area contributed by atoms with Gasteiger partial charge in [0, 0.05) is 18.6 Å². The smallest absolute Gasteiger partial charge is 0.407 e. The van der Waals surface area contributed by atoms with Gasteiger partial charge in [-0.1, -0.05) is 25.8 Å². The molecule has 0 aromatic heterocycles. The Bertz CT molecular complexity index is 298. The van der Waals surface area contributed by atoms with Gasteiger partial charge in [0.2, 0.25) is 0 Å². The van der Waals surface area contributed by atoms with Crippen molar-refractivity contribution in [1.82, 2.24) is 10.6 Å². The summed E-state index contributed by atoms with van der Waals surface area (Å²) in [5.41, 5.74) is -0.451. The van der Waals surface area contributed by atoms with Crippen molar-refractivity contribution in [2.24, 2.45) is 0 Å². The molecule has 0 rings (SSSR count). The molecule has 2 unspecified atom stereocenters. The van der Waals surface area contributed by atoms with Crippen LogP contribution in [0.2, 0.25) is 0 Å². The molecule has 0 aromatic carbocycles. The molecule has 0 aliphatic rings. The summed E-state index contributed by atoms with van der Waals surface area (Å²) in [5.74, 6) is 0. The Labute approximate surface area is 130 Å². The quantitative estimate of drug-likeness (QED) is 0.599. The number of ether oxygens (including phenoxy) is 1. The number of hydrogen-bond acceptors (Lipinski definition) is 3. The molecule has 4 nitrogen and oxygen atoms in total. The molecule has 0 bridgehead atoms. The zero-order valence-corrected chi connectivity index (χ0v) is 14.5. The van der Waals surface area contributed by atoms with E-state index < -0.39 is 5.60 Å². The van der Waals surface area contributed by atoms with Crippen molar-refractivity contribution in [3.05, 3.63) is 12.7 Å². The SMILES string of the molecule is C=CCCC(C)NC(CCCC)CNC(=O)OC(C)(C)C. The van der Waals surface area contributed by atoms with Gasteiger partial charge in [-0.3, -0.25) is 0 Å². The van der Waals surface area contributed by atoms with E-state index in [-0.39, 0.29) is 12.1 Å². The summed E-state index contributed by atoms with van der Waals surface area (Å²) < 4.78 is 5.27.